The largest absolute Gasteiger partial charge is 0.481 e. The predicted octanol–water partition coefficient (Wildman–Crippen LogP) is -0.757. The van der Waals surface area contributed by atoms with Crippen LogP contribution in [-0.2, 0) is 19.1 Å². The second-order valence-corrected chi connectivity index (χ2v) is 4.38. The molecule has 0 spiro atoms. The van der Waals surface area contributed by atoms with Gasteiger partial charge in [0.25, 0.3) is 0 Å². The van der Waals surface area contributed by atoms with Crippen LogP contribution < -0.4 is 0 Å². The van der Waals surface area contributed by atoms with Gasteiger partial charge < -0.3 is 24.4 Å². The van der Waals surface area contributed by atoms with Crippen LogP contribution in [0.15, 0.2) is 0 Å². The summed E-state index contributed by atoms with van der Waals surface area (Å²) < 4.78 is 9.56. The summed E-state index contributed by atoms with van der Waals surface area (Å²) in [6, 6.07) is -0.989. The van der Waals surface area contributed by atoms with E-state index in [1.54, 1.807) is 0 Å². The van der Waals surface area contributed by atoms with Crippen molar-refractivity contribution >= 4 is 18.0 Å². The van der Waals surface area contributed by atoms with Gasteiger partial charge in [0, 0.05) is 14.1 Å². The number of carbonyl (C=O) groups is 3. The molecule has 1 aliphatic rings. The zero-order chi connectivity index (χ0) is 14.6. The van der Waals surface area contributed by atoms with Crippen molar-refractivity contribution in [2.24, 2.45) is 5.92 Å². The first kappa shape index (κ1) is 15.2. The van der Waals surface area contributed by atoms with Gasteiger partial charge in [-0.3, -0.25) is 9.59 Å². The molecule has 2 atom stereocenters. The highest BCUT2D eigenvalue weighted by Crippen LogP contribution is 2.19. The van der Waals surface area contributed by atoms with Gasteiger partial charge in [-0.2, -0.15) is 0 Å². The maximum absolute atomic E-state index is 12.0. The van der Waals surface area contributed by atoms with E-state index in [4.69, 9.17) is 9.84 Å². The summed E-state index contributed by atoms with van der Waals surface area (Å²) >= 11 is 0. The standard InChI is InChI=1S/C11H18N2O6/c1-12(4-9(14)18-3)11(17)13(2)8-6-19-5-7(8)10(15)16/h7-8H,4-6H2,1-3H3,(H,15,16). The number of likely N-dealkylation sites (N-methyl/N-ethyl adjacent to an activating group) is 2. The minimum absolute atomic E-state index is 0.0817. The molecule has 0 saturated carbocycles. The summed E-state index contributed by atoms with van der Waals surface area (Å²) in [6.07, 6.45) is 0. The van der Waals surface area contributed by atoms with Crippen molar-refractivity contribution in [2.45, 2.75) is 6.04 Å². The second-order valence-electron chi connectivity index (χ2n) is 4.38. The zero-order valence-electron chi connectivity index (χ0n) is 11.2. The quantitative estimate of drug-likeness (QED) is 0.677. The van der Waals surface area contributed by atoms with Crippen molar-refractivity contribution < 1.29 is 29.0 Å². The first-order valence-corrected chi connectivity index (χ1v) is 5.73. The molecule has 0 radical (unpaired) electrons. The number of aliphatic carboxylic acids is 1. The summed E-state index contributed by atoms with van der Waals surface area (Å²) in [6.45, 7) is 0.0641. The lowest BCUT2D eigenvalue weighted by Gasteiger charge is -2.30. The van der Waals surface area contributed by atoms with Crippen LogP contribution in [-0.4, -0.2) is 79.9 Å². The van der Waals surface area contributed by atoms with Crippen molar-refractivity contribution in [1.29, 1.82) is 0 Å². The number of hydrogen-bond donors (Lipinski definition) is 1. The van der Waals surface area contributed by atoms with Crippen molar-refractivity contribution in [1.82, 2.24) is 9.80 Å². The lowest BCUT2D eigenvalue weighted by molar-refractivity contribution is -0.143. The number of urea groups is 1. The van der Waals surface area contributed by atoms with Gasteiger partial charge in [0.15, 0.2) is 0 Å². The number of hydrogen-bond acceptors (Lipinski definition) is 5. The number of amides is 2. The van der Waals surface area contributed by atoms with Gasteiger partial charge in [-0.15, -0.1) is 0 Å². The van der Waals surface area contributed by atoms with E-state index in [0.29, 0.717) is 0 Å². The smallest absolute Gasteiger partial charge is 0.325 e. The highest BCUT2D eigenvalue weighted by Gasteiger charge is 2.39. The molecule has 1 fully saturated rings. The Bertz CT molecular complexity index is 372. The summed E-state index contributed by atoms with van der Waals surface area (Å²) in [7, 11) is 4.17. The van der Waals surface area contributed by atoms with E-state index in [1.165, 1.54) is 31.0 Å². The lowest BCUT2D eigenvalue weighted by atomic mass is 10.0. The molecule has 8 heteroatoms. The molecule has 0 aliphatic carbocycles. The first-order valence-electron chi connectivity index (χ1n) is 5.73. The molecule has 0 aromatic carbocycles. The van der Waals surface area contributed by atoms with E-state index >= 15 is 0 Å². The number of ether oxygens (including phenoxy) is 2. The van der Waals surface area contributed by atoms with Crippen molar-refractivity contribution in [3.63, 3.8) is 0 Å². The fraction of sp³-hybridized carbons (Fsp3) is 0.727. The second kappa shape index (κ2) is 6.37. The Kier molecular flexibility index (Phi) is 5.11. The highest BCUT2D eigenvalue weighted by atomic mass is 16.5. The molecule has 2 unspecified atom stereocenters. The first-order chi connectivity index (χ1) is 8.88. The molecule has 1 heterocycles. The maximum Gasteiger partial charge on any atom is 0.325 e. The highest BCUT2D eigenvalue weighted by molar-refractivity contribution is 5.81. The average molecular weight is 274 g/mol. The fourth-order valence-electron chi connectivity index (χ4n) is 1.90. The predicted molar refractivity (Wildman–Crippen MR) is 63.5 cm³/mol. The number of carboxylic acid groups (broad SMARTS) is 1. The monoisotopic (exact) mass is 274 g/mol. The molecule has 1 saturated heterocycles. The van der Waals surface area contributed by atoms with E-state index in [0.717, 1.165) is 0 Å². The molecule has 0 aromatic heterocycles. The van der Waals surface area contributed by atoms with Crippen LogP contribution >= 0.6 is 0 Å². The number of esters is 1. The van der Waals surface area contributed by atoms with Gasteiger partial charge in [0.2, 0.25) is 0 Å². The summed E-state index contributed by atoms with van der Waals surface area (Å²) in [5, 5.41) is 9.03. The van der Waals surface area contributed by atoms with E-state index in [-0.39, 0.29) is 19.8 Å². The molecule has 0 aromatic rings. The molecule has 0 bridgehead atoms. The third-order valence-electron chi connectivity index (χ3n) is 3.09. The lowest BCUT2D eigenvalue weighted by Crippen LogP contribution is -2.49. The van der Waals surface area contributed by atoms with Crippen molar-refractivity contribution in [3.8, 4) is 0 Å². The van der Waals surface area contributed by atoms with Crippen LogP contribution in [0.5, 0.6) is 0 Å². The summed E-state index contributed by atoms with van der Waals surface area (Å²) in [4.78, 5) is 36.6. The van der Waals surface area contributed by atoms with Gasteiger partial charge in [-0.25, -0.2) is 4.79 Å². The Morgan fingerprint density at radius 1 is 1.32 bits per heavy atom. The molecular weight excluding hydrogens is 256 g/mol. The Hall–Kier alpha value is -1.83. The van der Waals surface area contributed by atoms with Gasteiger partial charge >= 0.3 is 18.0 Å². The maximum atomic E-state index is 12.0. The topological polar surface area (TPSA) is 96.4 Å². The van der Waals surface area contributed by atoms with Crippen LogP contribution in [0.2, 0.25) is 0 Å². The van der Waals surface area contributed by atoms with Crippen LogP contribution in [0.3, 0.4) is 0 Å². The minimum atomic E-state index is -1.00. The summed E-state index contributed by atoms with van der Waals surface area (Å²) in [5.41, 5.74) is 0. The Labute approximate surface area is 110 Å². The van der Waals surface area contributed by atoms with Crippen molar-refractivity contribution in [3.05, 3.63) is 0 Å². The van der Waals surface area contributed by atoms with Crippen LogP contribution in [0.1, 0.15) is 0 Å². The van der Waals surface area contributed by atoms with Crippen LogP contribution in [0, 0.1) is 5.92 Å². The summed E-state index contributed by atoms with van der Waals surface area (Å²) in [5.74, 6) is -2.29. The third-order valence-corrected chi connectivity index (χ3v) is 3.09. The van der Waals surface area contributed by atoms with Crippen molar-refractivity contribution in [2.75, 3.05) is 41.0 Å². The zero-order valence-corrected chi connectivity index (χ0v) is 11.2. The third kappa shape index (κ3) is 3.57. The fourth-order valence-corrected chi connectivity index (χ4v) is 1.90. The van der Waals surface area contributed by atoms with Crippen LogP contribution in [0.4, 0.5) is 4.79 Å². The number of rotatable bonds is 4. The van der Waals surface area contributed by atoms with E-state index in [9.17, 15) is 14.4 Å². The molecule has 8 nitrogen and oxygen atoms in total. The minimum Gasteiger partial charge on any atom is -0.481 e. The number of carbonyl (C=O) groups excluding carboxylic acids is 2. The van der Waals surface area contributed by atoms with Gasteiger partial charge in [-0.05, 0) is 0 Å². The molecule has 2 amide bonds. The van der Waals surface area contributed by atoms with E-state index in [2.05, 4.69) is 4.74 Å². The molecule has 1 rings (SSSR count). The van der Waals surface area contributed by atoms with Gasteiger partial charge in [0.05, 0.1) is 26.4 Å². The molecule has 108 valence electrons. The normalized spacial score (nSPS) is 21.8. The number of nitrogens with zero attached hydrogens (tertiary/aromatic N) is 2. The van der Waals surface area contributed by atoms with Crippen LogP contribution in [0.25, 0.3) is 0 Å². The average Bonchev–Trinajstić information content (AvgIpc) is 2.85. The Balaban J connectivity index is 2.65. The molecular formula is C11H18N2O6. The molecule has 1 aliphatic heterocycles. The number of carboxylic acids is 1. The number of methoxy groups -OCH3 is 1. The molecule has 19 heavy (non-hydrogen) atoms. The van der Waals surface area contributed by atoms with Gasteiger partial charge in [0.1, 0.15) is 12.5 Å². The van der Waals surface area contributed by atoms with E-state index < -0.39 is 29.9 Å². The van der Waals surface area contributed by atoms with E-state index in [1.807, 2.05) is 0 Å². The molecule has 1 N–H and O–H groups in total. The SMILES string of the molecule is COC(=O)CN(C)C(=O)N(C)C1COCC1C(=O)O. The Morgan fingerprint density at radius 2 is 1.95 bits per heavy atom. The van der Waals surface area contributed by atoms with Gasteiger partial charge in [-0.1, -0.05) is 0 Å². The Morgan fingerprint density at radius 3 is 2.47 bits per heavy atom.